The number of benzene rings is 1. The van der Waals surface area contributed by atoms with Crippen molar-refractivity contribution < 1.29 is 4.79 Å². The fourth-order valence-corrected chi connectivity index (χ4v) is 3.00. The topological polar surface area (TPSA) is 83.6 Å². The van der Waals surface area contributed by atoms with E-state index >= 15 is 0 Å². The second-order valence-electron chi connectivity index (χ2n) is 6.41. The first kappa shape index (κ1) is 16.4. The SMILES string of the molecule is CC(C)(C)NC(=O)CSc1nc(-c2ccccc2)nc2nc[nH]c12. The van der Waals surface area contributed by atoms with Crippen molar-refractivity contribution in [3.05, 3.63) is 36.7 Å². The summed E-state index contributed by atoms with van der Waals surface area (Å²) in [6, 6.07) is 9.74. The normalized spacial score (nSPS) is 11.6. The Kier molecular flexibility index (Phi) is 4.53. The van der Waals surface area contributed by atoms with Crippen molar-refractivity contribution >= 4 is 28.8 Å². The maximum absolute atomic E-state index is 12.1. The highest BCUT2D eigenvalue weighted by atomic mass is 32.2. The number of thioether (sulfide) groups is 1. The van der Waals surface area contributed by atoms with Gasteiger partial charge in [-0.3, -0.25) is 4.79 Å². The highest BCUT2D eigenvalue weighted by molar-refractivity contribution is 8.00. The van der Waals surface area contributed by atoms with Gasteiger partial charge in [-0.05, 0) is 20.8 Å². The largest absolute Gasteiger partial charge is 0.351 e. The molecule has 1 amide bonds. The maximum atomic E-state index is 12.1. The number of hydrogen-bond acceptors (Lipinski definition) is 5. The molecular formula is C17H19N5OS. The van der Waals surface area contributed by atoms with Crippen molar-refractivity contribution in [3.8, 4) is 11.4 Å². The van der Waals surface area contributed by atoms with E-state index in [1.165, 1.54) is 11.8 Å². The van der Waals surface area contributed by atoms with Crippen LogP contribution in [0.4, 0.5) is 0 Å². The van der Waals surface area contributed by atoms with E-state index in [4.69, 9.17) is 0 Å². The number of hydrogen-bond donors (Lipinski definition) is 2. The van der Waals surface area contributed by atoms with E-state index in [1.807, 2.05) is 51.1 Å². The number of H-pyrrole nitrogens is 1. The molecule has 24 heavy (non-hydrogen) atoms. The molecule has 1 aromatic carbocycles. The van der Waals surface area contributed by atoms with Crippen LogP contribution in [-0.4, -0.2) is 37.1 Å². The Labute approximate surface area is 144 Å². The highest BCUT2D eigenvalue weighted by Crippen LogP contribution is 2.26. The number of aromatic nitrogens is 4. The van der Waals surface area contributed by atoms with Crippen molar-refractivity contribution in [2.45, 2.75) is 31.3 Å². The minimum absolute atomic E-state index is 0.0277. The minimum atomic E-state index is -0.248. The van der Waals surface area contributed by atoms with Gasteiger partial charge in [-0.15, -0.1) is 0 Å². The zero-order valence-electron chi connectivity index (χ0n) is 13.8. The van der Waals surface area contributed by atoms with Crippen LogP contribution in [0.15, 0.2) is 41.7 Å². The summed E-state index contributed by atoms with van der Waals surface area (Å²) in [4.78, 5) is 28.4. The lowest BCUT2D eigenvalue weighted by atomic mass is 10.1. The molecule has 0 bridgehead atoms. The average molecular weight is 341 g/mol. The molecule has 7 heteroatoms. The van der Waals surface area contributed by atoms with Gasteiger partial charge in [0.1, 0.15) is 10.5 Å². The second-order valence-corrected chi connectivity index (χ2v) is 7.37. The summed E-state index contributed by atoms with van der Waals surface area (Å²) in [5, 5.41) is 3.67. The second kappa shape index (κ2) is 6.60. The van der Waals surface area contributed by atoms with Crippen molar-refractivity contribution in [2.24, 2.45) is 0 Å². The Morgan fingerprint density at radius 3 is 2.67 bits per heavy atom. The number of nitrogens with one attached hydrogen (secondary N) is 2. The van der Waals surface area contributed by atoms with E-state index in [1.54, 1.807) is 6.33 Å². The van der Waals surface area contributed by atoms with Gasteiger partial charge in [-0.25, -0.2) is 15.0 Å². The molecular weight excluding hydrogens is 322 g/mol. The van der Waals surface area contributed by atoms with E-state index in [-0.39, 0.29) is 17.2 Å². The number of fused-ring (bicyclic) bond motifs is 1. The van der Waals surface area contributed by atoms with Gasteiger partial charge in [0.05, 0.1) is 12.1 Å². The molecule has 0 fully saturated rings. The number of nitrogens with zero attached hydrogens (tertiary/aromatic N) is 3. The molecule has 3 rings (SSSR count). The molecule has 2 heterocycles. The predicted molar refractivity (Wildman–Crippen MR) is 95.7 cm³/mol. The summed E-state index contributed by atoms with van der Waals surface area (Å²) >= 11 is 1.38. The maximum Gasteiger partial charge on any atom is 0.230 e. The molecule has 2 aromatic heterocycles. The number of carbonyl (C=O) groups is 1. The fraction of sp³-hybridized carbons (Fsp3) is 0.294. The molecule has 124 valence electrons. The number of amides is 1. The van der Waals surface area contributed by atoms with Crippen LogP contribution in [-0.2, 0) is 4.79 Å². The first-order valence-corrected chi connectivity index (χ1v) is 8.61. The Bertz CT molecular complexity index is 854. The Morgan fingerprint density at radius 2 is 1.96 bits per heavy atom. The predicted octanol–water partition coefficient (Wildman–Crippen LogP) is 3.03. The Balaban J connectivity index is 1.87. The lowest BCUT2D eigenvalue weighted by Crippen LogP contribution is -2.41. The van der Waals surface area contributed by atoms with E-state index in [2.05, 4.69) is 25.3 Å². The van der Waals surface area contributed by atoms with Gasteiger partial charge < -0.3 is 10.3 Å². The average Bonchev–Trinajstić information content (AvgIpc) is 3.00. The third-order valence-corrected chi connectivity index (χ3v) is 4.11. The Morgan fingerprint density at radius 1 is 1.21 bits per heavy atom. The lowest BCUT2D eigenvalue weighted by Gasteiger charge is -2.20. The third-order valence-electron chi connectivity index (χ3n) is 3.14. The molecule has 0 spiro atoms. The number of carbonyl (C=O) groups excluding carboxylic acids is 1. The number of aromatic amines is 1. The summed E-state index contributed by atoms with van der Waals surface area (Å²) in [6.45, 7) is 5.88. The molecule has 2 N–H and O–H groups in total. The Hall–Kier alpha value is -2.41. The van der Waals surface area contributed by atoms with Crippen molar-refractivity contribution in [1.29, 1.82) is 0 Å². The number of rotatable bonds is 4. The van der Waals surface area contributed by atoms with Gasteiger partial charge in [0, 0.05) is 11.1 Å². The summed E-state index contributed by atoms with van der Waals surface area (Å²) in [5.74, 6) is 0.866. The van der Waals surface area contributed by atoms with Gasteiger partial charge >= 0.3 is 0 Å². The molecule has 3 aromatic rings. The molecule has 6 nitrogen and oxygen atoms in total. The van der Waals surface area contributed by atoms with Crippen molar-refractivity contribution in [1.82, 2.24) is 25.3 Å². The van der Waals surface area contributed by atoms with Crippen LogP contribution in [0.25, 0.3) is 22.6 Å². The van der Waals surface area contributed by atoms with Crippen LogP contribution in [0, 0.1) is 0 Å². The van der Waals surface area contributed by atoms with E-state index < -0.39 is 0 Å². The standard InChI is InChI=1S/C17H19N5OS/c1-17(2,3)22-12(23)9-24-16-13-15(19-10-18-13)20-14(21-16)11-7-5-4-6-8-11/h4-8,10H,9H2,1-3H3,(H,22,23)(H,18,19,20,21). The van der Waals surface area contributed by atoms with Crippen LogP contribution < -0.4 is 5.32 Å². The smallest absolute Gasteiger partial charge is 0.230 e. The first-order chi connectivity index (χ1) is 11.4. The van der Waals surface area contributed by atoms with Crippen LogP contribution in [0.2, 0.25) is 0 Å². The van der Waals surface area contributed by atoms with E-state index in [9.17, 15) is 4.79 Å². The lowest BCUT2D eigenvalue weighted by molar-refractivity contribution is -0.119. The highest BCUT2D eigenvalue weighted by Gasteiger charge is 2.16. The monoisotopic (exact) mass is 341 g/mol. The van der Waals surface area contributed by atoms with Gasteiger partial charge in [0.25, 0.3) is 0 Å². The van der Waals surface area contributed by atoms with Gasteiger partial charge in [0.2, 0.25) is 5.91 Å². The molecule has 0 aliphatic carbocycles. The van der Waals surface area contributed by atoms with E-state index in [0.717, 1.165) is 16.1 Å². The van der Waals surface area contributed by atoms with Crippen molar-refractivity contribution in [2.75, 3.05) is 5.75 Å². The third kappa shape index (κ3) is 3.91. The van der Waals surface area contributed by atoms with Gasteiger partial charge in [0.15, 0.2) is 11.5 Å². The molecule has 0 radical (unpaired) electrons. The molecule has 0 aliphatic heterocycles. The summed E-state index contributed by atoms with van der Waals surface area (Å²) in [7, 11) is 0. The molecule has 0 unspecified atom stereocenters. The first-order valence-electron chi connectivity index (χ1n) is 7.63. The zero-order valence-corrected chi connectivity index (χ0v) is 14.6. The quantitative estimate of drug-likeness (QED) is 0.563. The molecule has 0 saturated carbocycles. The van der Waals surface area contributed by atoms with Gasteiger partial charge in [-0.1, -0.05) is 42.1 Å². The molecule has 0 atom stereocenters. The summed E-state index contributed by atoms with van der Waals surface area (Å²) in [6.07, 6.45) is 1.59. The number of imidazole rings is 1. The van der Waals surface area contributed by atoms with Crippen molar-refractivity contribution in [3.63, 3.8) is 0 Å². The van der Waals surface area contributed by atoms with Crippen LogP contribution in [0.3, 0.4) is 0 Å². The minimum Gasteiger partial charge on any atom is -0.351 e. The molecule has 0 aliphatic rings. The van der Waals surface area contributed by atoms with Crippen LogP contribution in [0.5, 0.6) is 0 Å². The zero-order chi connectivity index (χ0) is 17.2. The van der Waals surface area contributed by atoms with E-state index in [0.29, 0.717) is 11.5 Å². The van der Waals surface area contributed by atoms with Crippen LogP contribution >= 0.6 is 11.8 Å². The van der Waals surface area contributed by atoms with Crippen LogP contribution in [0.1, 0.15) is 20.8 Å². The van der Waals surface area contributed by atoms with Gasteiger partial charge in [-0.2, -0.15) is 0 Å². The molecule has 0 saturated heterocycles. The summed E-state index contributed by atoms with van der Waals surface area (Å²) < 4.78 is 0. The fourth-order valence-electron chi connectivity index (χ4n) is 2.22. The summed E-state index contributed by atoms with van der Waals surface area (Å²) in [5.41, 5.74) is 2.02.